The molecule has 2 aromatic heterocycles. The number of hydrogen-bond acceptors (Lipinski definition) is 22. The van der Waals surface area contributed by atoms with Crippen molar-refractivity contribution >= 4 is 140 Å². The third kappa shape index (κ3) is 27.0. The van der Waals surface area contributed by atoms with E-state index in [1.165, 1.54) is 19.6 Å². The molecule has 0 spiro atoms. The second-order valence-corrected chi connectivity index (χ2v) is 24.7. The topological polar surface area (TPSA) is 417 Å². The van der Waals surface area contributed by atoms with Crippen molar-refractivity contribution in [1.82, 2.24) is 49.2 Å². The molecule has 4 aliphatic heterocycles. The third-order valence-electron chi connectivity index (χ3n) is 15.6. The Balaban J connectivity index is 0.000000346. The van der Waals surface area contributed by atoms with E-state index in [2.05, 4.69) is 9.97 Å². The minimum atomic E-state index is -1.29. The molecule has 14 rings (SSSR count). The first-order valence-corrected chi connectivity index (χ1v) is 33.9. The molecule has 594 valence electrons. The van der Waals surface area contributed by atoms with E-state index in [0.717, 1.165) is 66.8 Å². The fourth-order valence-corrected chi connectivity index (χ4v) is 10.6. The van der Waals surface area contributed by atoms with Gasteiger partial charge in [-0.25, -0.2) is 0 Å². The molecule has 0 aliphatic carbocycles. The van der Waals surface area contributed by atoms with Crippen molar-refractivity contribution in [2.45, 2.75) is 25.7 Å². The number of hydrogen-bond donors (Lipinski definition) is 0. The first-order valence-electron chi connectivity index (χ1n) is 33.9. The Kier molecular flexibility index (Phi) is 39.7. The normalized spacial score (nSPS) is 11.8. The number of carbonyl (C=O) groups excluding carboxylic acids is 16. The van der Waals surface area contributed by atoms with E-state index in [1.54, 1.807) is 178 Å². The van der Waals surface area contributed by atoms with Crippen LogP contribution < -0.4 is 20.4 Å². The van der Waals surface area contributed by atoms with Crippen LogP contribution in [0.3, 0.4) is 0 Å². The summed E-state index contributed by atoms with van der Waals surface area (Å²) in [5, 5.41) is 47.9. The molecule has 0 unspecified atom stereocenters. The molecular formula is C82H78N10O20Rh2. The van der Waals surface area contributed by atoms with Gasteiger partial charge in [-0.3, -0.25) is 87.1 Å². The quantitative estimate of drug-likeness (QED) is 0.0760. The third-order valence-corrected chi connectivity index (χ3v) is 15.6. The first-order chi connectivity index (χ1) is 53.4. The van der Waals surface area contributed by atoms with Gasteiger partial charge in [-0.2, -0.15) is 0 Å². The number of carbonyl (C=O) groups is 16. The Hall–Kier alpha value is -13.3. The second-order valence-electron chi connectivity index (χ2n) is 24.7. The summed E-state index contributed by atoms with van der Waals surface area (Å²) >= 11 is 0. The average Bonchev–Trinajstić information content (AvgIpc) is 0.773. The Morgan fingerprint density at radius 2 is 0.412 bits per heavy atom. The monoisotopic (exact) mass is 1730 g/mol. The number of carboxylic acids is 4. The van der Waals surface area contributed by atoms with Crippen LogP contribution in [0.15, 0.2) is 207 Å². The van der Waals surface area contributed by atoms with E-state index in [1.807, 2.05) is 84.9 Å². The van der Waals surface area contributed by atoms with Crippen LogP contribution >= 0.6 is 0 Å². The van der Waals surface area contributed by atoms with Gasteiger partial charge in [0.05, 0.1) is 0 Å². The fraction of sp³-hybridized carbons (Fsp3) is 0.195. The predicted octanol–water partition coefficient (Wildman–Crippen LogP) is 3.28. The summed E-state index contributed by atoms with van der Waals surface area (Å²) in [6.07, 6.45) is 8.54. The Bertz CT molecular complexity index is 4240. The summed E-state index contributed by atoms with van der Waals surface area (Å²) < 4.78 is 0. The van der Waals surface area contributed by atoms with Crippen LogP contribution in [0, 0.1) is 0 Å². The van der Waals surface area contributed by atoms with Gasteiger partial charge in [0, 0.05) is 223 Å². The van der Waals surface area contributed by atoms with Crippen LogP contribution in [0.4, 0.5) is 0 Å². The maximum Gasteiger partial charge on any atom is 2.00 e. The molecule has 0 atom stereocenters. The van der Waals surface area contributed by atoms with Crippen molar-refractivity contribution < 1.29 is 136 Å². The van der Waals surface area contributed by atoms with Crippen molar-refractivity contribution in [3.63, 3.8) is 0 Å². The molecule has 0 bridgehead atoms. The molecule has 4 aliphatic rings. The SMILES string of the molecule is CN(C)C=O.CN(C)C=O.CN(C)C=O.CN(C)C=O.O=C([O-])CCN1C(=O)c2cccc3cccc(c23)C1=O.O=C([O-])CCN1C(=O)c2cccc3cccc(c23)C1=O.O=C([O-])CCN1C(=O)c2cccc3cccc(c23)C1=O.O=C([O-])CCN1C(=O)c2cccc3cccc(c23)C1=O.[Rh+2].[Rh+2].c1ccncc1.c1ccncc1. The van der Waals surface area contributed by atoms with Gasteiger partial charge in [0.1, 0.15) is 0 Å². The van der Waals surface area contributed by atoms with Crippen molar-refractivity contribution in [3.05, 3.63) is 251 Å². The summed E-state index contributed by atoms with van der Waals surface area (Å²) in [7, 11) is 13.5. The van der Waals surface area contributed by atoms with Crippen molar-refractivity contribution in [2.75, 3.05) is 82.6 Å². The molecule has 6 heterocycles. The van der Waals surface area contributed by atoms with Crippen molar-refractivity contribution in [3.8, 4) is 0 Å². The number of rotatable bonds is 16. The summed E-state index contributed by atoms with van der Waals surface area (Å²) in [6.45, 7) is -0.703. The van der Waals surface area contributed by atoms with Gasteiger partial charge >= 0.3 is 39.0 Å². The van der Waals surface area contributed by atoms with Gasteiger partial charge in [0.2, 0.25) is 25.6 Å². The zero-order chi connectivity index (χ0) is 82.7. The molecular weight excluding hydrogens is 1650 g/mol. The number of imide groups is 4. The van der Waals surface area contributed by atoms with Crippen LogP contribution in [0.2, 0.25) is 0 Å². The van der Waals surface area contributed by atoms with Crippen LogP contribution in [-0.2, 0) is 77.3 Å². The standard InChI is InChI=1S/4C15H11NO4.2C5H5N.4C3H7NO.2Rh/c4*17-12(18)7-8-16-14(19)10-5-1-3-9-4-2-6-11(13(9)10)15(16)20;2*1-2-4-6-5-3-1;4*1-4(2)3-5;;/h4*1-6H,7-8H2,(H,17,18);2*1-5H;4*3H,1-2H3;;/q;;;;;;;;;;2*+2/p-4. The Labute approximate surface area is 680 Å². The van der Waals surface area contributed by atoms with Crippen LogP contribution in [-0.4, -0.2) is 229 Å². The maximum atomic E-state index is 12.3. The molecule has 12 amide bonds. The molecule has 8 aromatic carbocycles. The largest absolute Gasteiger partial charge is 2.00 e. The molecule has 114 heavy (non-hydrogen) atoms. The number of nitrogens with zero attached hydrogens (tertiary/aromatic N) is 10. The van der Waals surface area contributed by atoms with Gasteiger partial charge in [0.25, 0.3) is 47.3 Å². The van der Waals surface area contributed by atoms with E-state index < -0.39 is 71.1 Å². The van der Waals surface area contributed by atoms with Gasteiger partial charge < -0.3 is 59.2 Å². The molecule has 10 aromatic rings. The van der Waals surface area contributed by atoms with Crippen LogP contribution in [0.5, 0.6) is 0 Å². The van der Waals surface area contributed by atoms with Gasteiger partial charge in [-0.05, 0) is 94.3 Å². The molecule has 0 saturated carbocycles. The van der Waals surface area contributed by atoms with E-state index in [9.17, 15) is 97.1 Å². The van der Waals surface area contributed by atoms with E-state index in [-0.39, 0.29) is 90.8 Å². The Morgan fingerprint density at radius 3 is 0.509 bits per heavy atom. The molecule has 0 fully saturated rings. The molecule has 2 radical (unpaired) electrons. The van der Waals surface area contributed by atoms with E-state index in [0.29, 0.717) is 66.1 Å². The number of aromatic nitrogens is 2. The summed E-state index contributed by atoms with van der Waals surface area (Å²) in [6, 6.07) is 53.2. The predicted molar refractivity (Wildman–Crippen MR) is 403 cm³/mol. The first kappa shape index (κ1) is 94.9. The molecule has 0 N–H and O–H groups in total. The average molecular weight is 1730 g/mol. The zero-order valence-corrected chi connectivity index (χ0v) is 66.2. The zero-order valence-electron chi connectivity index (χ0n) is 62.9. The summed E-state index contributed by atoms with van der Waals surface area (Å²) in [5.74, 6) is -8.82. The number of carboxylic acid groups (broad SMARTS) is 4. The summed E-state index contributed by atoms with van der Waals surface area (Å²) in [5.41, 5.74) is 3.42. The van der Waals surface area contributed by atoms with Crippen LogP contribution in [0.1, 0.15) is 109 Å². The second kappa shape index (κ2) is 47.7. The number of benzene rings is 8. The molecule has 32 heteroatoms. The van der Waals surface area contributed by atoms with E-state index >= 15 is 0 Å². The van der Waals surface area contributed by atoms with Crippen molar-refractivity contribution in [1.29, 1.82) is 0 Å². The number of pyridine rings is 2. The minimum absolute atomic E-state index is 0. The fourth-order valence-electron chi connectivity index (χ4n) is 10.6. The van der Waals surface area contributed by atoms with Gasteiger partial charge in [-0.1, -0.05) is 109 Å². The maximum absolute atomic E-state index is 12.3. The van der Waals surface area contributed by atoms with Crippen molar-refractivity contribution in [2.24, 2.45) is 0 Å². The van der Waals surface area contributed by atoms with E-state index in [4.69, 9.17) is 0 Å². The molecule has 0 saturated heterocycles. The van der Waals surface area contributed by atoms with Gasteiger partial charge in [0.15, 0.2) is 0 Å². The minimum Gasteiger partial charge on any atom is -0.550 e. The molecule has 30 nitrogen and oxygen atoms in total. The van der Waals surface area contributed by atoms with Crippen LogP contribution in [0.25, 0.3) is 43.1 Å². The summed E-state index contributed by atoms with van der Waals surface area (Å²) in [4.78, 5) is 196. The Morgan fingerprint density at radius 1 is 0.272 bits per heavy atom. The smallest absolute Gasteiger partial charge is 0.550 e. The number of aliphatic carboxylic acids is 4. The number of amides is 12. The van der Waals surface area contributed by atoms with Gasteiger partial charge in [-0.15, -0.1) is 0 Å².